The molecule has 2 aromatic carbocycles. The SMILES string of the molecule is CCCc1[nH]nc2c(=O)[nH]c(Cc3cc(S(=O)(=O)NC(=O)c4ccccc4)ccc3OCC)nc12. The molecule has 0 unspecified atom stereocenters. The van der Waals surface area contributed by atoms with Crippen molar-refractivity contribution in [2.24, 2.45) is 0 Å². The summed E-state index contributed by atoms with van der Waals surface area (Å²) in [5, 5.41) is 6.92. The van der Waals surface area contributed by atoms with E-state index >= 15 is 0 Å². The molecule has 0 saturated heterocycles. The molecular weight excluding hydrogens is 470 g/mol. The number of aromatic nitrogens is 4. The van der Waals surface area contributed by atoms with Crippen molar-refractivity contribution >= 4 is 27.0 Å². The highest BCUT2D eigenvalue weighted by Crippen LogP contribution is 2.25. The number of benzene rings is 2. The van der Waals surface area contributed by atoms with Crippen LogP contribution in [0.4, 0.5) is 0 Å². The molecule has 0 saturated carbocycles. The van der Waals surface area contributed by atoms with Gasteiger partial charge in [-0.1, -0.05) is 31.5 Å². The second-order valence-corrected chi connectivity index (χ2v) is 9.52. The number of nitrogens with one attached hydrogen (secondary N) is 3. The number of aryl methyl sites for hydroxylation is 1. The molecule has 4 rings (SSSR count). The molecule has 0 aliphatic heterocycles. The fourth-order valence-electron chi connectivity index (χ4n) is 3.68. The van der Waals surface area contributed by atoms with Crippen LogP contribution in [-0.4, -0.2) is 41.1 Å². The Morgan fingerprint density at radius 3 is 2.57 bits per heavy atom. The Hall–Kier alpha value is -3.99. The maximum Gasteiger partial charge on any atom is 0.279 e. The van der Waals surface area contributed by atoms with Crippen LogP contribution in [0.5, 0.6) is 5.75 Å². The summed E-state index contributed by atoms with van der Waals surface area (Å²) in [6.45, 7) is 4.18. The van der Waals surface area contributed by atoms with Crippen molar-refractivity contribution in [1.29, 1.82) is 0 Å². The van der Waals surface area contributed by atoms with Crippen LogP contribution in [0.3, 0.4) is 0 Å². The Morgan fingerprint density at radius 1 is 1.09 bits per heavy atom. The van der Waals surface area contributed by atoms with Gasteiger partial charge < -0.3 is 9.72 Å². The van der Waals surface area contributed by atoms with Gasteiger partial charge in [0.1, 0.15) is 17.1 Å². The molecule has 3 N–H and O–H groups in total. The standard InChI is InChI=1S/C24H25N5O5S/c1-3-8-18-21-22(28-27-18)24(31)26-20(25-21)14-16-13-17(11-12-19(16)34-4-2)35(32,33)29-23(30)15-9-6-5-7-10-15/h5-7,9-13H,3-4,8,14H2,1-2H3,(H,27,28)(H,29,30)(H,25,26,31). The lowest BCUT2D eigenvalue weighted by molar-refractivity contribution is 0.0981. The van der Waals surface area contributed by atoms with Gasteiger partial charge in [-0.3, -0.25) is 14.7 Å². The lowest BCUT2D eigenvalue weighted by atomic mass is 10.1. The van der Waals surface area contributed by atoms with Crippen LogP contribution in [-0.2, 0) is 22.9 Å². The largest absolute Gasteiger partial charge is 0.494 e. The summed E-state index contributed by atoms with van der Waals surface area (Å²) >= 11 is 0. The first-order valence-corrected chi connectivity index (χ1v) is 12.6. The summed E-state index contributed by atoms with van der Waals surface area (Å²) in [6.07, 6.45) is 1.64. The average molecular weight is 496 g/mol. The highest BCUT2D eigenvalue weighted by molar-refractivity contribution is 7.90. The number of sulfonamides is 1. The van der Waals surface area contributed by atoms with Gasteiger partial charge in [-0.2, -0.15) is 5.10 Å². The first-order valence-electron chi connectivity index (χ1n) is 11.2. The Labute approximate surface area is 201 Å². The summed E-state index contributed by atoms with van der Waals surface area (Å²) in [6, 6.07) is 12.4. The van der Waals surface area contributed by atoms with E-state index in [1.165, 1.54) is 30.3 Å². The third-order valence-electron chi connectivity index (χ3n) is 5.30. The molecule has 1 amide bonds. The lowest BCUT2D eigenvalue weighted by Gasteiger charge is -2.13. The van der Waals surface area contributed by atoms with Gasteiger partial charge in [-0.25, -0.2) is 18.1 Å². The third-order valence-corrected chi connectivity index (χ3v) is 6.62. The highest BCUT2D eigenvalue weighted by atomic mass is 32.2. The second kappa shape index (κ2) is 10.1. The van der Waals surface area contributed by atoms with Crippen LogP contribution < -0.4 is 15.0 Å². The van der Waals surface area contributed by atoms with Gasteiger partial charge in [0, 0.05) is 17.5 Å². The molecule has 2 heterocycles. The molecule has 0 aliphatic rings. The molecule has 0 bridgehead atoms. The van der Waals surface area contributed by atoms with Crippen molar-refractivity contribution in [3.63, 3.8) is 0 Å². The number of aromatic amines is 2. The fourth-order valence-corrected chi connectivity index (χ4v) is 4.70. The van der Waals surface area contributed by atoms with Crippen molar-refractivity contribution < 1.29 is 17.9 Å². The van der Waals surface area contributed by atoms with Gasteiger partial charge >= 0.3 is 0 Å². The number of rotatable bonds is 9. The van der Waals surface area contributed by atoms with Gasteiger partial charge in [0.2, 0.25) is 0 Å². The van der Waals surface area contributed by atoms with Crippen molar-refractivity contribution in [3.8, 4) is 5.75 Å². The van der Waals surface area contributed by atoms with Crippen LogP contribution in [0.2, 0.25) is 0 Å². The van der Waals surface area contributed by atoms with E-state index in [4.69, 9.17) is 4.74 Å². The monoisotopic (exact) mass is 495 g/mol. The highest BCUT2D eigenvalue weighted by Gasteiger charge is 2.21. The smallest absolute Gasteiger partial charge is 0.279 e. The molecule has 10 nitrogen and oxygen atoms in total. The van der Waals surface area contributed by atoms with Crippen LogP contribution >= 0.6 is 0 Å². The number of carbonyl (C=O) groups is 1. The summed E-state index contributed by atoms with van der Waals surface area (Å²) in [5.41, 5.74) is 1.80. The number of carbonyl (C=O) groups excluding carboxylic acids is 1. The maximum atomic E-state index is 12.9. The van der Waals surface area contributed by atoms with Crippen LogP contribution in [0, 0.1) is 0 Å². The van der Waals surface area contributed by atoms with E-state index in [1.54, 1.807) is 18.2 Å². The van der Waals surface area contributed by atoms with Crippen molar-refractivity contribution in [2.45, 2.75) is 38.0 Å². The Balaban J connectivity index is 1.69. The van der Waals surface area contributed by atoms with E-state index < -0.39 is 15.9 Å². The average Bonchev–Trinajstić information content (AvgIpc) is 3.24. The molecule has 4 aromatic rings. The van der Waals surface area contributed by atoms with E-state index in [1.807, 2.05) is 13.8 Å². The predicted molar refractivity (Wildman–Crippen MR) is 130 cm³/mol. The summed E-state index contributed by atoms with van der Waals surface area (Å²) in [4.78, 5) is 32.1. The van der Waals surface area contributed by atoms with Crippen molar-refractivity contribution in [3.05, 3.63) is 81.5 Å². The molecule has 0 radical (unpaired) electrons. The van der Waals surface area contributed by atoms with Crippen LogP contribution in [0.15, 0.2) is 58.2 Å². The zero-order chi connectivity index (χ0) is 25.0. The topological polar surface area (TPSA) is 147 Å². The molecule has 0 fully saturated rings. The minimum atomic E-state index is -4.16. The first kappa shape index (κ1) is 24.1. The lowest BCUT2D eigenvalue weighted by Crippen LogP contribution is -2.30. The predicted octanol–water partition coefficient (Wildman–Crippen LogP) is 2.71. The Bertz CT molecular complexity index is 1530. The van der Waals surface area contributed by atoms with Crippen LogP contribution in [0.25, 0.3) is 11.0 Å². The molecule has 0 spiro atoms. The van der Waals surface area contributed by atoms with E-state index in [2.05, 4.69) is 24.9 Å². The summed E-state index contributed by atoms with van der Waals surface area (Å²) < 4.78 is 33.6. The maximum absolute atomic E-state index is 12.9. The zero-order valence-corrected chi connectivity index (χ0v) is 20.1. The van der Waals surface area contributed by atoms with Crippen molar-refractivity contribution in [2.75, 3.05) is 6.61 Å². The van der Waals surface area contributed by atoms with Gasteiger partial charge in [-0.05, 0) is 43.7 Å². The quantitative estimate of drug-likeness (QED) is 0.323. The second-order valence-electron chi connectivity index (χ2n) is 7.84. The number of H-pyrrole nitrogens is 2. The van der Waals surface area contributed by atoms with Gasteiger partial charge in [0.15, 0.2) is 5.52 Å². The molecular formula is C24H25N5O5S. The van der Waals surface area contributed by atoms with Crippen molar-refractivity contribution in [1.82, 2.24) is 24.9 Å². The van der Waals surface area contributed by atoms with Crippen LogP contribution in [0.1, 0.15) is 47.7 Å². The molecule has 2 aromatic heterocycles. The first-order chi connectivity index (χ1) is 16.8. The molecule has 35 heavy (non-hydrogen) atoms. The number of nitrogens with zero attached hydrogens (tertiary/aromatic N) is 2. The Morgan fingerprint density at radius 2 is 1.86 bits per heavy atom. The van der Waals surface area contributed by atoms with Gasteiger partial charge in [0.05, 0.1) is 17.2 Å². The molecule has 0 aliphatic carbocycles. The van der Waals surface area contributed by atoms with E-state index in [-0.39, 0.29) is 28.0 Å². The zero-order valence-electron chi connectivity index (χ0n) is 19.3. The van der Waals surface area contributed by atoms with E-state index in [0.717, 1.165) is 12.1 Å². The van der Waals surface area contributed by atoms with E-state index in [0.29, 0.717) is 35.7 Å². The van der Waals surface area contributed by atoms with Gasteiger partial charge in [-0.15, -0.1) is 0 Å². The Kier molecular flexibility index (Phi) is 6.97. The normalized spacial score (nSPS) is 11.5. The summed E-state index contributed by atoms with van der Waals surface area (Å²) in [7, 11) is -4.16. The molecule has 0 atom stereocenters. The van der Waals surface area contributed by atoms with E-state index in [9.17, 15) is 18.0 Å². The number of hydrogen-bond donors (Lipinski definition) is 3. The molecule has 182 valence electrons. The number of hydrogen-bond acceptors (Lipinski definition) is 7. The summed E-state index contributed by atoms with van der Waals surface area (Å²) in [5.74, 6) is 0.0514. The molecule has 11 heteroatoms. The third kappa shape index (κ3) is 5.24. The fraction of sp³-hybridized carbons (Fsp3) is 0.250. The van der Waals surface area contributed by atoms with Gasteiger partial charge in [0.25, 0.3) is 21.5 Å². The number of ether oxygens (including phenoxy) is 1. The minimum absolute atomic E-state index is 0.104. The number of fused-ring (bicyclic) bond motifs is 1. The minimum Gasteiger partial charge on any atom is -0.494 e. The number of amides is 1.